The van der Waals surface area contributed by atoms with E-state index in [1.807, 2.05) is 20.8 Å². The van der Waals surface area contributed by atoms with Crippen LogP contribution in [0, 0.1) is 0 Å². The Labute approximate surface area is 201 Å². The highest BCUT2D eigenvalue weighted by Gasteiger charge is 2.45. The molecule has 1 aliphatic heterocycles. The van der Waals surface area contributed by atoms with Gasteiger partial charge in [-0.3, -0.25) is 14.4 Å². The lowest BCUT2D eigenvalue weighted by Gasteiger charge is -2.45. The van der Waals surface area contributed by atoms with Crippen LogP contribution in [0.1, 0.15) is 59.1 Å². The average Bonchev–Trinajstić information content (AvgIpc) is 2.64. The van der Waals surface area contributed by atoms with Crippen LogP contribution in [-0.2, 0) is 25.4 Å². The zero-order valence-electron chi connectivity index (χ0n) is 19.1. The summed E-state index contributed by atoms with van der Waals surface area (Å²) in [5.74, 6) is -0.792. The van der Waals surface area contributed by atoms with Crippen LogP contribution in [0.2, 0.25) is 10.0 Å². The number of halogens is 2. The van der Waals surface area contributed by atoms with Gasteiger partial charge in [0.05, 0.1) is 10.0 Å². The molecule has 0 saturated carbocycles. The highest BCUT2D eigenvalue weighted by atomic mass is 35.5. The van der Waals surface area contributed by atoms with Crippen molar-refractivity contribution in [3.05, 3.63) is 45.4 Å². The molecule has 2 aromatic carbocycles. The minimum Gasteiger partial charge on any atom is -0.482 e. The van der Waals surface area contributed by atoms with Gasteiger partial charge in [0.15, 0.2) is 11.5 Å². The molecule has 9 heteroatoms. The van der Waals surface area contributed by atoms with Crippen molar-refractivity contribution in [2.75, 3.05) is 0 Å². The Bertz CT molecular complexity index is 1160. The van der Waals surface area contributed by atoms with Crippen LogP contribution in [0.25, 0.3) is 0 Å². The van der Waals surface area contributed by atoms with Gasteiger partial charge in [0, 0.05) is 50.5 Å². The van der Waals surface area contributed by atoms with E-state index in [1.54, 1.807) is 18.2 Å². The van der Waals surface area contributed by atoms with Gasteiger partial charge in [-0.15, -0.1) is 0 Å². The lowest BCUT2D eigenvalue weighted by molar-refractivity contribution is -0.133. The summed E-state index contributed by atoms with van der Waals surface area (Å²) in [6.07, 6.45) is 0.466. The molecule has 176 valence electrons. The molecule has 1 heterocycles. The summed E-state index contributed by atoms with van der Waals surface area (Å²) in [6, 6.07) is 6.24. The number of hydrogen-bond donors (Lipinski definition) is 0. The van der Waals surface area contributed by atoms with E-state index in [1.165, 1.54) is 26.8 Å². The van der Waals surface area contributed by atoms with Gasteiger partial charge in [-0.2, -0.15) is 0 Å². The van der Waals surface area contributed by atoms with E-state index >= 15 is 0 Å². The van der Waals surface area contributed by atoms with Crippen LogP contribution < -0.4 is 18.9 Å². The van der Waals surface area contributed by atoms with Crippen molar-refractivity contribution in [1.82, 2.24) is 0 Å². The van der Waals surface area contributed by atoms with E-state index in [9.17, 15) is 14.4 Å². The normalized spacial score (nSPS) is 18.5. The smallest absolute Gasteiger partial charge is 0.308 e. The van der Waals surface area contributed by atoms with E-state index in [0.29, 0.717) is 22.8 Å². The van der Waals surface area contributed by atoms with Crippen molar-refractivity contribution < 1.29 is 33.3 Å². The topological polar surface area (TPSA) is 88.1 Å². The molecule has 0 radical (unpaired) electrons. The predicted molar refractivity (Wildman–Crippen MR) is 122 cm³/mol. The Kier molecular flexibility index (Phi) is 6.69. The number of benzene rings is 2. The molecule has 0 N–H and O–H groups in total. The lowest BCUT2D eigenvalue weighted by Crippen LogP contribution is -2.42. The molecule has 7 nitrogen and oxygen atoms in total. The fourth-order valence-electron chi connectivity index (χ4n) is 4.17. The second-order valence-electron chi connectivity index (χ2n) is 8.73. The third kappa shape index (κ3) is 5.25. The van der Waals surface area contributed by atoms with Crippen LogP contribution in [0.15, 0.2) is 24.3 Å². The van der Waals surface area contributed by atoms with E-state index < -0.39 is 28.9 Å². The SMILES string of the molecule is CC(=O)Oc1cc2c(cc1Cl)C(C)(C)C[C@@](C)(c1cc(Cl)c(OC(C)=O)cc1OC(C)=O)O2. The number of carbonyl (C=O) groups is 3. The molecule has 1 aliphatic rings. The maximum atomic E-state index is 11.8. The molecule has 0 unspecified atom stereocenters. The maximum absolute atomic E-state index is 11.8. The summed E-state index contributed by atoms with van der Waals surface area (Å²) >= 11 is 12.7. The van der Waals surface area contributed by atoms with Crippen molar-refractivity contribution in [3.8, 4) is 23.0 Å². The van der Waals surface area contributed by atoms with E-state index in [4.69, 9.17) is 42.1 Å². The molecule has 3 rings (SSSR count). The first-order valence-corrected chi connectivity index (χ1v) is 10.9. The molecular weight excluding hydrogens is 471 g/mol. The van der Waals surface area contributed by atoms with Crippen molar-refractivity contribution in [2.24, 2.45) is 0 Å². The van der Waals surface area contributed by atoms with Crippen LogP contribution >= 0.6 is 23.2 Å². The Hall–Kier alpha value is -2.77. The fraction of sp³-hybridized carbons (Fsp3) is 0.375. The number of ether oxygens (including phenoxy) is 4. The molecule has 33 heavy (non-hydrogen) atoms. The second-order valence-corrected chi connectivity index (χ2v) is 9.55. The Morgan fingerprint density at radius 3 is 1.73 bits per heavy atom. The third-order valence-electron chi connectivity index (χ3n) is 5.24. The number of fused-ring (bicyclic) bond motifs is 1. The molecule has 0 aromatic heterocycles. The average molecular weight is 495 g/mol. The first-order valence-electron chi connectivity index (χ1n) is 10.1. The molecule has 0 aliphatic carbocycles. The Morgan fingerprint density at radius 2 is 1.21 bits per heavy atom. The lowest BCUT2D eigenvalue weighted by atomic mass is 9.71. The molecule has 2 aromatic rings. The Morgan fingerprint density at radius 1 is 0.758 bits per heavy atom. The predicted octanol–water partition coefficient (Wildman–Crippen LogP) is 5.74. The zero-order valence-corrected chi connectivity index (χ0v) is 20.6. The molecule has 0 amide bonds. The molecular formula is C24H24Cl2O7. The summed E-state index contributed by atoms with van der Waals surface area (Å²) in [5, 5.41) is 0.444. The van der Waals surface area contributed by atoms with Crippen LogP contribution in [0.3, 0.4) is 0 Å². The van der Waals surface area contributed by atoms with Gasteiger partial charge in [0.1, 0.15) is 17.1 Å². The van der Waals surface area contributed by atoms with Gasteiger partial charge < -0.3 is 18.9 Å². The molecule has 0 saturated heterocycles. The molecule has 0 bridgehead atoms. The maximum Gasteiger partial charge on any atom is 0.308 e. The number of carbonyl (C=O) groups excluding carboxylic acids is 3. The first kappa shape index (κ1) is 24.9. The highest BCUT2D eigenvalue weighted by Crippen LogP contribution is 2.53. The quantitative estimate of drug-likeness (QED) is 0.395. The summed E-state index contributed by atoms with van der Waals surface area (Å²) < 4.78 is 22.2. The fourth-order valence-corrected chi connectivity index (χ4v) is 4.57. The summed E-state index contributed by atoms with van der Waals surface area (Å²) in [6.45, 7) is 9.67. The van der Waals surface area contributed by atoms with Crippen molar-refractivity contribution in [3.63, 3.8) is 0 Å². The summed E-state index contributed by atoms with van der Waals surface area (Å²) in [7, 11) is 0. The van der Waals surface area contributed by atoms with E-state index in [0.717, 1.165) is 5.56 Å². The van der Waals surface area contributed by atoms with Gasteiger partial charge in [0.2, 0.25) is 0 Å². The number of rotatable bonds is 4. The first-order chi connectivity index (χ1) is 15.2. The van der Waals surface area contributed by atoms with Crippen LogP contribution in [0.4, 0.5) is 0 Å². The second kappa shape index (κ2) is 8.88. The zero-order chi connectivity index (χ0) is 24.7. The molecule has 0 fully saturated rings. The van der Waals surface area contributed by atoms with Crippen molar-refractivity contribution in [2.45, 2.75) is 59.0 Å². The molecule has 0 spiro atoms. The minimum atomic E-state index is -1.01. The van der Waals surface area contributed by atoms with Crippen molar-refractivity contribution in [1.29, 1.82) is 0 Å². The largest absolute Gasteiger partial charge is 0.482 e. The van der Waals surface area contributed by atoms with Gasteiger partial charge in [0.25, 0.3) is 0 Å². The van der Waals surface area contributed by atoms with Gasteiger partial charge in [-0.25, -0.2) is 0 Å². The number of esters is 3. The van der Waals surface area contributed by atoms with Gasteiger partial charge >= 0.3 is 17.9 Å². The highest BCUT2D eigenvalue weighted by molar-refractivity contribution is 6.32. The van der Waals surface area contributed by atoms with Gasteiger partial charge in [-0.05, 0) is 24.5 Å². The van der Waals surface area contributed by atoms with Crippen LogP contribution in [0.5, 0.6) is 23.0 Å². The standard InChI is InChI=1S/C24H24Cl2O7/c1-12(27)30-19-9-21(31-13(2)28)18(26)8-16(19)24(6)11-23(4,5)15-7-17(25)22(32-14(3)29)10-20(15)33-24/h7-10H,11H2,1-6H3/t24-/m0/s1. The monoisotopic (exact) mass is 494 g/mol. The number of hydrogen-bond acceptors (Lipinski definition) is 7. The third-order valence-corrected chi connectivity index (χ3v) is 5.83. The Balaban J connectivity index is 2.17. The summed E-state index contributed by atoms with van der Waals surface area (Å²) in [5.41, 5.74) is -0.130. The van der Waals surface area contributed by atoms with Crippen LogP contribution in [-0.4, -0.2) is 17.9 Å². The van der Waals surface area contributed by atoms with E-state index in [2.05, 4.69) is 0 Å². The van der Waals surface area contributed by atoms with Crippen molar-refractivity contribution >= 4 is 41.1 Å². The summed E-state index contributed by atoms with van der Waals surface area (Å²) in [4.78, 5) is 34.7. The minimum absolute atomic E-state index is 0.0622. The molecule has 1 atom stereocenters. The van der Waals surface area contributed by atoms with Gasteiger partial charge in [-0.1, -0.05) is 37.0 Å². The van der Waals surface area contributed by atoms with E-state index in [-0.39, 0.29) is 22.3 Å².